The fourth-order valence-electron chi connectivity index (χ4n) is 2.29. The third-order valence-corrected chi connectivity index (χ3v) is 3.33. The fraction of sp³-hybridized carbons (Fsp3) is 0.636. The van der Waals surface area contributed by atoms with E-state index >= 15 is 0 Å². The van der Waals surface area contributed by atoms with E-state index in [2.05, 4.69) is 27.1 Å². The van der Waals surface area contributed by atoms with Gasteiger partial charge in [-0.1, -0.05) is 18.5 Å². The van der Waals surface area contributed by atoms with Crippen molar-refractivity contribution in [1.29, 1.82) is 0 Å². The van der Waals surface area contributed by atoms with Crippen LogP contribution in [0, 0.1) is 0 Å². The highest BCUT2D eigenvalue weighted by Crippen LogP contribution is 2.18. The summed E-state index contributed by atoms with van der Waals surface area (Å²) in [4.78, 5) is 10.4. The van der Waals surface area contributed by atoms with Crippen LogP contribution in [0.3, 0.4) is 0 Å². The summed E-state index contributed by atoms with van der Waals surface area (Å²) in [6.07, 6.45) is 2.50. The highest BCUT2D eigenvalue weighted by Gasteiger charge is 2.22. The van der Waals surface area contributed by atoms with Crippen LogP contribution in [-0.4, -0.2) is 40.5 Å². The Morgan fingerprint density at radius 2 is 2.41 bits per heavy atom. The smallest absolute Gasteiger partial charge is 0.223 e. The van der Waals surface area contributed by atoms with Crippen LogP contribution >= 0.6 is 11.6 Å². The molecule has 1 fully saturated rings. The molecule has 1 unspecified atom stereocenters. The summed E-state index contributed by atoms with van der Waals surface area (Å²) in [5, 5.41) is 3.65. The van der Waals surface area contributed by atoms with E-state index in [0.717, 1.165) is 13.1 Å². The van der Waals surface area contributed by atoms with Gasteiger partial charge in [0, 0.05) is 18.7 Å². The zero-order valence-corrected chi connectivity index (χ0v) is 10.7. The minimum atomic E-state index is 0.207. The van der Waals surface area contributed by atoms with Crippen molar-refractivity contribution >= 4 is 23.4 Å². The number of likely N-dealkylation sites (N-methyl/N-ethyl adjacent to an activating group) is 1. The molecule has 0 saturated carbocycles. The average molecular weight is 256 g/mol. The molecule has 94 valence electrons. The number of hydrogen-bond donors (Lipinski definition) is 2. The van der Waals surface area contributed by atoms with Crippen LogP contribution in [0.2, 0.25) is 5.15 Å². The molecule has 0 amide bonds. The summed E-state index contributed by atoms with van der Waals surface area (Å²) in [5.74, 6) is 0.907. The lowest BCUT2D eigenvalue weighted by Crippen LogP contribution is -2.34. The molecule has 0 aromatic carbocycles. The van der Waals surface area contributed by atoms with Gasteiger partial charge in [-0.05, 0) is 25.9 Å². The predicted octanol–water partition coefficient (Wildman–Crippen LogP) is 1.61. The van der Waals surface area contributed by atoms with Gasteiger partial charge >= 0.3 is 0 Å². The fourth-order valence-corrected chi connectivity index (χ4v) is 2.48. The van der Waals surface area contributed by atoms with Crippen molar-refractivity contribution in [2.45, 2.75) is 25.8 Å². The van der Waals surface area contributed by atoms with Crippen LogP contribution in [0.1, 0.15) is 19.8 Å². The number of hydrogen-bond acceptors (Lipinski definition) is 5. The first kappa shape index (κ1) is 12.4. The molecule has 3 N–H and O–H groups in total. The zero-order valence-electron chi connectivity index (χ0n) is 9.99. The number of rotatable bonds is 4. The number of aromatic nitrogens is 2. The van der Waals surface area contributed by atoms with Crippen molar-refractivity contribution in [1.82, 2.24) is 14.9 Å². The van der Waals surface area contributed by atoms with Crippen molar-refractivity contribution in [2.75, 3.05) is 30.7 Å². The minimum absolute atomic E-state index is 0.207. The second-order valence-electron chi connectivity index (χ2n) is 4.24. The van der Waals surface area contributed by atoms with Crippen molar-refractivity contribution < 1.29 is 0 Å². The second-order valence-corrected chi connectivity index (χ2v) is 4.63. The SMILES string of the molecule is CCN1CCCC1CNc1cc(Cl)nc(N)n1. The van der Waals surface area contributed by atoms with E-state index in [1.165, 1.54) is 19.4 Å². The minimum Gasteiger partial charge on any atom is -0.368 e. The van der Waals surface area contributed by atoms with E-state index in [-0.39, 0.29) is 5.95 Å². The zero-order chi connectivity index (χ0) is 12.3. The molecule has 17 heavy (non-hydrogen) atoms. The number of likely N-dealkylation sites (tertiary alicyclic amines) is 1. The molecule has 1 aromatic heterocycles. The number of nitrogens with zero attached hydrogens (tertiary/aromatic N) is 3. The molecule has 1 aliphatic rings. The topological polar surface area (TPSA) is 67.1 Å². The highest BCUT2D eigenvalue weighted by atomic mass is 35.5. The van der Waals surface area contributed by atoms with Gasteiger partial charge in [-0.3, -0.25) is 4.90 Å². The Labute approximate surface area is 106 Å². The number of nitrogen functional groups attached to an aromatic ring is 1. The van der Waals surface area contributed by atoms with Crippen LogP contribution in [-0.2, 0) is 0 Å². The number of nitrogens with one attached hydrogen (secondary N) is 1. The Hall–Kier alpha value is -1.07. The molecule has 0 radical (unpaired) electrons. The molecule has 0 spiro atoms. The van der Waals surface area contributed by atoms with Gasteiger partial charge in [-0.15, -0.1) is 0 Å². The van der Waals surface area contributed by atoms with Gasteiger partial charge in [0.05, 0.1) is 0 Å². The molecule has 2 heterocycles. The van der Waals surface area contributed by atoms with E-state index in [1.54, 1.807) is 6.07 Å². The Morgan fingerprint density at radius 3 is 3.12 bits per heavy atom. The van der Waals surface area contributed by atoms with Gasteiger partial charge in [0.25, 0.3) is 0 Å². The third kappa shape index (κ3) is 3.20. The van der Waals surface area contributed by atoms with Gasteiger partial charge in [0.1, 0.15) is 11.0 Å². The Balaban J connectivity index is 1.93. The molecule has 1 aliphatic heterocycles. The molecule has 0 aliphatic carbocycles. The standard InChI is InChI=1S/C11H18ClN5/c1-2-17-5-3-4-8(17)7-14-10-6-9(12)15-11(13)16-10/h6,8H,2-5,7H2,1H3,(H3,13,14,15,16). The van der Waals surface area contributed by atoms with Gasteiger partial charge in [0.15, 0.2) is 0 Å². The van der Waals surface area contributed by atoms with E-state index in [4.69, 9.17) is 17.3 Å². The normalized spacial score (nSPS) is 20.7. The van der Waals surface area contributed by atoms with Gasteiger partial charge in [-0.25, -0.2) is 4.98 Å². The maximum absolute atomic E-state index is 5.82. The molecule has 0 bridgehead atoms. The monoisotopic (exact) mass is 255 g/mol. The number of anilines is 2. The molecular weight excluding hydrogens is 238 g/mol. The molecule has 6 heteroatoms. The molecule has 1 atom stereocenters. The summed E-state index contributed by atoms with van der Waals surface area (Å²) < 4.78 is 0. The molecular formula is C11H18ClN5. The van der Waals surface area contributed by atoms with E-state index in [1.807, 2.05) is 0 Å². The first-order chi connectivity index (χ1) is 8.19. The quantitative estimate of drug-likeness (QED) is 0.800. The molecule has 2 rings (SSSR count). The van der Waals surface area contributed by atoms with E-state index in [0.29, 0.717) is 17.0 Å². The van der Waals surface area contributed by atoms with Crippen molar-refractivity contribution in [3.05, 3.63) is 11.2 Å². The Kier molecular flexibility index (Phi) is 4.02. The lowest BCUT2D eigenvalue weighted by molar-refractivity contribution is 0.277. The Bertz CT molecular complexity index is 364. The number of halogens is 1. The molecule has 1 saturated heterocycles. The lowest BCUT2D eigenvalue weighted by Gasteiger charge is -2.23. The second kappa shape index (κ2) is 5.51. The van der Waals surface area contributed by atoms with Crippen molar-refractivity contribution in [3.8, 4) is 0 Å². The maximum Gasteiger partial charge on any atom is 0.223 e. The molecule has 5 nitrogen and oxygen atoms in total. The maximum atomic E-state index is 5.82. The van der Waals surface area contributed by atoms with Crippen molar-refractivity contribution in [3.63, 3.8) is 0 Å². The van der Waals surface area contributed by atoms with Crippen molar-refractivity contribution in [2.24, 2.45) is 0 Å². The summed E-state index contributed by atoms with van der Waals surface area (Å²) >= 11 is 5.82. The lowest BCUT2D eigenvalue weighted by atomic mass is 10.2. The largest absolute Gasteiger partial charge is 0.368 e. The first-order valence-corrected chi connectivity index (χ1v) is 6.35. The summed E-state index contributed by atoms with van der Waals surface area (Å²) in [6.45, 7) is 5.35. The third-order valence-electron chi connectivity index (χ3n) is 3.14. The molecule has 1 aromatic rings. The summed E-state index contributed by atoms with van der Waals surface area (Å²) in [6, 6.07) is 2.28. The number of nitrogens with two attached hydrogens (primary N) is 1. The van der Waals surface area contributed by atoms with Crippen LogP contribution < -0.4 is 11.1 Å². The van der Waals surface area contributed by atoms with E-state index < -0.39 is 0 Å². The van der Waals surface area contributed by atoms with Gasteiger partial charge in [-0.2, -0.15) is 4.98 Å². The van der Waals surface area contributed by atoms with Crippen LogP contribution in [0.5, 0.6) is 0 Å². The van der Waals surface area contributed by atoms with E-state index in [9.17, 15) is 0 Å². The average Bonchev–Trinajstić information content (AvgIpc) is 2.72. The summed E-state index contributed by atoms with van der Waals surface area (Å²) in [5.41, 5.74) is 5.54. The first-order valence-electron chi connectivity index (χ1n) is 5.97. The van der Waals surface area contributed by atoms with Gasteiger partial charge in [0.2, 0.25) is 5.95 Å². The predicted molar refractivity (Wildman–Crippen MR) is 70.2 cm³/mol. The van der Waals surface area contributed by atoms with Gasteiger partial charge < -0.3 is 11.1 Å². The highest BCUT2D eigenvalue weighted by molar-refractivity contribution is 6.29. The van der Waals surface area contributed by atoms with Crippen LogP contribution in [0.4, 0.5) is 11.8 Å². The Morgan fingerprint density at radius 1 is 1.59 bits per heavy atom. The van der Waals surface area contributed by atoms with Crippen LogP contribution in [0.25, 0.3) is 0 Å². The van der Waals surface area contributed by atoms with Crippen LogP contribution in [0.15, 0.2) is 6.07 Å². The summed E-state index contributed by atoms with van der Waals surface area (Å²) in [7, 11) is 0.